The monoisotopic (exact) mass is 814 g/mol. The molecular weight excluding hydrogens is 744 g/mol. The van der Waals surface area contributed by atoms with Gasteiger partial charge in [-0.2, -0.15) is 0 Å². The molecule has 0 aliphatic heterocycles. The predicted molar refractivity (Wildman–Crippen MR) is 229 cm³/mol. The molecule has 0 radical (unpaired) electrons. The summed E-state index contributed by atoms with van der Waals surface area (Å²) < 4.78 is 54.8. The first-order valence-corrected chi connectivity index (χ1v) is 20.8. The van der Waals surface area contributed by atoms with Crippen molar-refractivity contribution in [1.82, 2.24) is 0 Å². The summed E-state index contributed by atoms with van der Waals surface area (Å²) in [6.45, 7) is 17.1. The molecule has 3 rings (SSSR count). The first-order valence-electron chi connectivity index (χ1n) is 20.8. The zero-order chi connectivity index (χ0) is 41.3. The van der Waals surface area contributed by atoms with Crippen LogP contribution in [-0.2, 0) is 52.2 Å². The van der Waals surface area contributed by atoms with Crippen LogP contribution in [0, 0.1) is 0 Å². The van der Waals surface area contributed by atoms with E-state index in [2.05, 4.69) is 72.2 Å². The Bertz CT molecular complexity index is 1350. The van der Waals surface area contributed by atoms with Crippen molar-refractivity contribution in [3.05, 3.63) is 70.8 Å². The third-order valence-electron chi connectivity index (χ3n) is 9.32. The molecule has 2 aromatic rings. The highest BCUT2D eigenvalue weighted by atomic mass is 16.6. The lowest BCUT2D eigenvalue weighted by atomic mass is 10.1. The molecule has 1 aliphatic carbocycles. The Hall–Kier alpha value is -3.21. The van der Waals surface area contributed by atoms with Crippen molar-refractivity contribution in [2.24, 2.45) is 0 Å². The van der Waals surface area contributed by atoms with Gasteiger partial charge in [-0.25, -0.2) is 0 Å². The van der Waals surface area contributed by atoms with Crippen molar-refractivity contribution >= 4 is 29.3 Å². The Morgan fingerprint density at radius 1 is 0.431 bits per heavy atom. The highest BCUT2D eigenvalue weighted by molar-refractivity contribution is 6.15. The molecule has 0 saturated heterocycles. The normalized spacial score (nSPS) is 14.3. The number of ketones is 1. The van der Waals surface area contributed by atoms with Crippen molar-refractivity contribution in [1.29, 1.82) is 0 Å². The molecule has 1 saturated carbocycles. The number of carbonyl (C=O) groups is 1. The zero-order valence-corrected chi connectivity index (χ0v) is 35.6. The van der Waals surface area contributed by atoms with Gasteiger partial charge in [0, 0.05) is 62.9 Å². The van der Waals surface area contributed by atoms with Gasteiger partial charge < -0.3 is 57.2 Å². The van der Waals surface area contributed by atoms with E-state index >= 15 is 0 Å². The van der Waals surface area contributed by atoms with Crippen LogP contribution in [0.2, 0.25) is 0 Å². The molecule has 0 heterocycles. The number of hydrogen-bond acceptors (Lipinski definition) is 13. The van der Waals surface area contributed by atoms with E-state index in [0.717, 1.165) is 53.9 Å². The SMILES string of the molecule is CCN(CC)c1ccc(/C=C2\CC/C(=C\c3ccc(N(CCOCCOCCOCCOCCOC)CCOCCOCCOCCOCCOC)cc3)C2=O)cc1. The Morgan fingerprint density at radius 3 is 1.03 bits per heavy atom. The third-order valence-corrected chi connectivity index (χ3v) is 9.32. The number of benzene rings is 2. The number of carbonyl (C=O) groups excluding carboxylic acids is 1. The van der Waals surface area contributed by atoms with E-state index < -0.39 is 0 Å². The van der Waals surface area contributed by atoms with Gasteiger partial charge in [0.15, 0.2) is 5.78 Å². The van der Waals surface area contributed by atoms with E-state index in [9.17, 15) is 4.79 Å². The summed E-state index contributed by atoms with van der Waals surface area (Å²) in [5.74, 6) is 0.132. The number of Topliss-reactive ketones (excluding diaryl/α,β-unsaturated/α-hetero) is 1. The minimum Gasteiger partial charge on any atom is -0.382 e. The topological polar surface area (TPSA) is 116 Å². The highest BCUT2D eigenvalue weighted by Gasteiger charge is 2.23. The molecule has 0 atom stereocenters. The van der Waals surface area contributed by atoms with Gasteiger partial charge >= 0.3 is 0 Å². The minimum atomic E-state index is 0.132. The van der Waals surface area contributed by atoms with Crippen molar-refractivity contribution in [3.8, 4) is 0 Å². The van der Waals surface area contributed by atoms with Gasteiger partial charge in [0.2, 0.25) is 0 Å². The summed E-state index contributed by atoms with van der Waals surface area (Å²) in [6, 6.07) is 16.8. The minimum absolute atomic E-state index is 0.132. The number of allylic oxidation sites excluding steroid dienone is 2. The second-order valence-corrected chi connectivity index (χ2v) is 13.4. The van der Waals surface area contributed by atoms with Crippen LogP contribution in [0.3, 0.4) is 0 Å². The number of ether oxygens (including phenoxy) is 10. The molecule has 326 valence electrons. The van der Waals surface area contributed by atoms with E-state index in [0.29, 0.717) is 132 Å². The Morgan fingerprint density at radius 2 is 0.724 bits per heavy atom. The molecule has 2 aromatic carbocycles. The van der Waals surface area contributed by atoms with E-state index in [1.807, 2.05) is 12.2 Å². The molecule has 0 N–H and O–H groups in total. The van der Waals surface area contributed by atoms with Crippen LogP contribution in [-0.4, -0.2) is 165 Å². The van der Waals surface area contributed by atoms with Crippen LogP contribution >= 0.6 is 0 Å². The fourth-order valence-corrected chi connectivity index (χ4v) is 6.06. The maximum absolute atomic E-state index is 13.4. The molecule has 1 fully saturated rings. The maximum atomic E-state index is 13.4. The summed E-state index contributed by atoms with van der Waals surface area (Å²) in [6.07, 6.45) is 5.56. The Labute approximate surface area is 347 Å². The predicted octanol–water partition coefficient (Wildman–Crippen LogP) is 5.59. The molecular formula is C45H70N2O11. The number of methoxy groups -OCH3 is 2. The van der Waals surface area contributed by atoms with Gasteiger partial charge in [-0.05, 0) is 74.2 Å². The zero-order valence-electron chi connectivity index (χ0n) is 35.6. The molecule has 13 heteroatoms. The molecule has 0 spiro atoms. The van der Waals surface area contributed by atoms with Gasteiger partial charge in [0.1, 0.15) is 0 Å². The standard InChI is InChI=1S/C45H70N2O11/c1-5-46(6-2)43-13-7-39(8-14-43)37-41-11-12-42(45(41)48)38-40-9-15-44(16-10-40)47(17-19-51-25-27-55-33-35-57-31-29-53-23-21-49-3)18-20-52-26-28-56-34-36-58-32-30-54-24-22-50-4/h7-10,13-16,37-38H,5-6,11-12,17-36H2,1-4H3/b41-37+,42-38+. The van der Waals surface area contributed by atoms with Crippen molar-refractivity contribution in [2.45, 2.75) is 26.7 Å². The Kier molecular flexibility index (Phi) is 27.6. The van der Waals surface area contributed by atoms with Crippen LogP contribution in [0.15, 0.2) is 59.7 Å². The summed E-state index contributed by atoms with van der Waals surface area (Å²) in [7, 11) is 3.30. The number of anilines is 2. The van der Waals surface area contributed by atoms with Crippen molar-refractivity contribution in [3.63, 3.8) is 0 Å². The quantitative estimate of drug-likeness (QED) is 0.0630. The van der Waals surface area contributed by atoms with Gasteiger partial charge in [0.05, 0.1) is 119 Å². The fraction of sp³-hybridized carbons (Fsp3) is 0.622. The van der Waals surface area contributed by atoms with Crippen molar-refractivity contribution in [2.75, 3.05) is 169 Å². The number of hydrogen-bond donors (Lipinski definition) is 0. The first kappa shape index (κ1) is 49.2. The average molecular weight is 815 g/mol. The lowest BCUT2D eigenvalue weighted by Crippen LogP contribution is -2.31. The largest absolute Gasteiger partial charge is 0.382 e. The van der Waals surface area contributed by atoms with Crippen LogP contribution < -0.4 is 9.80 Å². The van der Waals surface area contributed by atoms with Crippen molar-refractivity contribution < 1.29 is 52.2 Å². The molecule has 0 bridgehead atoms. The lowest BCUT2D eigenvalue weighted by molar-refractivity contribution is -0.111. The summed E-state index contributed by atoms with van der Waals surface area (Å²) in [5, 5.41) is 0. The van der Waals surface area contributed by atoms with Crippen LogP contribution in [0.4, 0.5) is 11.4 Å². The van der Waals surface area contributed by atoms with E-state index in [4.69, 9.17) is 47.4 Å². The first-order chi connectivity index (χ1) is 28.6. The molecule has 0 unspecified atom stereocenters. The van der Waals surface area contributed by atoms with Gasteiger partial charge in [-0.1, -0.05) is 24.3 Å². The molecule has 1 aliphatic rings. The maximum Gasteiger partial charge on any atom is 0.185 e. The van der Waals surface area contributed by atoms with Gasteiger partial charge in [-0.3, -0.25) is 4.79 Å². The van der Waals surface area contributed by atoms with E-state index in [1.165, 1.54) is 5.69 Å². The summed E-state index contributed by atoms with van der Waals surface area (Å²) >= 11 is 0. The molecule has 0 aromatic heterocycles. The second kappa shape index (κ2) is 32.6. The summed E-state index contributed by atoms with van der Waals surface area (Å²) in [4.78, 5) is 17.9. The molecule has 13 nitrogen and oxygen atoms in total. The van der Waals surface area contributed by atoms with E-state index in [1.54, 1.807) is 14.2 Å². The summed E-state index contributed by atoms with van der Waals surface area (Å²) in [5.41, 5.74) is 6.02. The van der Waals surface area contributed by atoms with Crippen LogP contribution in [0.1, 0.15) is 37.8 Å². The number of rotatable bonds is 36. The third kappa shape index (κ3) is 21.2. The van der Waals surface area contributed by atoms with Gasteiger partial charge in [0.25, 0.3) is 0 Å². The van der Waals surface area contributed by atoms with Crippen LogP contribution in [0.5, 0.6) is 0 Å². The lowest BCUT2D eigenvalue weighted by Gasteiger charge is -2.25. The van der Waals surface area contributed by atoms with E-state index in [-0.39, 0.29) is 5.78 Å². The molecule has 0 amide bonds. The van der Waals surface area contributed by atoms with Gasteiger partial charge in [-0.15, -0.1) is 0 Å². The Balaban J connectivity index is 1.44. The second-order valence-electron chi connectivity index (χ2n) is 13.4. The highest BCUT2D eigenvalue weighted by Crippen LogP contribution is 2.30. The molecule has 58 heavy (non-hydrogen) atoms. The fourth-order valence-electron chi connectivity index (χ4n) is 6.06. The number of nitrogens with zero attached hydrogens (tertiary/aromatic N) is 2. The smallest absolute Gasteiger partial charge is 0.185 e. The average Bonchev–Trinajstić information content (AvgIpc) is 3.58. The van der Waals surface area contributed by atoms with Crippen LogP contribution in [0.25, 0.3) is 12.2 Å².